The van der Waals surface area contributed by atoms with Crippen molar-refractivity contribution in [2.45, 2.75) is 51.9 Å². The van der Waals surface area contributed by atoms with Gasteiger partial charge in [0.2, 0.25) is 0 Å². The summed E-state index contributed by atoms with van der Waals surface area (Å²) in [6.45, 7) is 5.63. The molecule has 0 aliphatic heterocycles. The SMILES string of the molecule is CCCN(CCO)CC1(CBr)CCCCCC1. The maximum atomic E-state index is 9.15. The third kappa shape index (κ3) is 5.27. The Morgan fingerprint density at radius 1 is 1.12 bits per heavy atom. The largest absolute Gasteiger partial charge is 0.395 e. The maximum absolute atomic E-state index is 9.15. The van der Waals surface area contributed by atoms with Crippen molar-refractivity contribution in [3.63, 3.8) is 0 Å². The molecule has 0 spiro atoms. The lowest BCUT2D eigenvalue weighted by Crippen LogP contribution is -2.40. The lowest BCUT2D eigenvalue weighted by atomic mass is 9.82. The van der Waals surface area contributed by atoms with Crippen molar-refractivity contribution in [2.24, 2.45) is 5.41 Å². The molecule has 1 rings (SSSR count). The molecule has 0 amide bonds. The first kappa shape index (κ1) is 15.5. The van der Waals surface area contributed by atoms with Gasteiger partial charge in [-0.3, -0.25) is 0 Å². The third-order valence-corrected chi connectivity index (χ3v) is 5.15. The van der Waals surface area contributed by atoms with E-state index in [1.165, 1.54) is 44.9 Å². The molecule has 0 aromatic heterocycles. The Balaban J connectivity index is 2.56. The second-order valence-electron chi connectivity index (χ2n) is 5.55. The summed E-state index contributed by atoms with van der Waals surface area (Å²) >= 11 is 3.74. The summed E-state index contributed by atoms with van der Waals surface area (Å²) in [5.41, 5.74) is 0.459. The van der Waals surface area contributed by atoms with Gasteiger partial charge in [0.25, 0.3) is 0 Å². The van der Waals surface area contributed by atoms with Crippen LogP contribution in [0.4, 0.5) is 0 Å². The molecular weight excluding hydrogens is 278 g/mol. The number of hydrogen-bond donors (Lipinski definition) is 1. The Bertz CT molecular complexity index is 185. The van der Waals surface area contributed by atoms with Crippen molar-refractivity contribution in [3.8, 4) is 0 Å². The van der Waals surface area contributed by atoms with Crippen LogP contribution in [0.1, 0.15) is 51.9 Å². The van der Waals surface area contributed by atoms with Crippen molar-refractivity contribution >= 4 is 15.9 Å². The first-order valence-electron chi connectivity index (χ1n) is 7.15. The van der Waals surface area contributed by atoms with Gasteiger partial charge in [-0.1, -0.05) is 48.5 Å². The highest BCUT2D eigenvalue weighted by molar-refractivity contribution is 9.09. The molecule has 1 N–H and O–H groups in total. The number of aliphatic hydroxyl groups is 1. The van der Waals surface area contributed by atoms with Gasteiger partial charge in [0, 0.05) is 18.4 Å². The van der Waals surface area contributed by atoms with Crippen LogP contribution in [0.2, 0.25) is 0 Å². The van der Waals surface area contributed by atoms with E-state index in [1.807, 2.05) is 0 Å². The molecule has 0 radical (unpaired) electrons. The van der Waals surface area contributed by atoms with Crippen LogP contribution in [0.5, 0.6) is 0 Å². The monoisotopic (exact) mass is 305 g/mol. The van der Waals surface area contributed by atoms with Crippen LogP contribution in [0, 0.1) is 5.41 Å². The molecule has 2 nitrogen and oxygen atoms in total. The van der Waals surface area contributed by atoms with E-state index in [-0.39, 0.29) is 0 Å². The summed E-state index contributed by atoms with van der Waals surface area (Å²) in [4.78, 5) is 2.45. The van der Waals surface area contributed by atoms with Gasteiger partial charge in [-0.15, -0.1) is 0 Å². The minimum absolute atomic E-state index is 0.290. The zero-order chi connectivity index (χ0) is 12.6. The van der Waals surface area contributed by atoms with E-state index in [4.69, 9.17) is 5.11 Å². The second kappa shape index (κ2) is 8.49. The van der Waals surface area contributed by atoms with Crippen LogP contribution in [-0.2, 0) is 0 Å². The van der Waals surface area contributed by atoms with Gasteiger partial charge in [0.1, 0.15) is 0 Å². The molecule has 0 unspecified atom stereocenters. The van der Waals surface area contributed by atoms with E-state index in [2.05, 4.69) is 27.8 Å². The minimum Gasteiger partial charge on any atom is -0.395 e. The Morgan fingerprint density at radius 3 is 2.24 bits per heavy atom. The van der Waals surface area contributed by atoms with Gasteiger partial charge in [0.15, 0.2) is 0 Å². The quantitative estimate of drug-likeness (QED) is 0.575. The lowest BCUT2D eigenvalue weighted by Gasteiger charge is -2.36. The molecule has 0 heterocycles. The zero-order valence-corrected chi connectivity index (χ0v) is 12.8. The Kier molecular flexibility index (Phi) is 7.72. The molecule has 17 heavy (non-hydrogen) atoms. The predicted octanol–water partition coefficient (Wildman–Crippen LogP) is 3.43. The highest BCUT2D eigenvalue weighted by Crippen LogP contribution is 2.37. The van der Waals surface area contributed by atoms with E-state index in [1.54, 1.807) is 0 Å². The average molecular weight is 306 g/mol. The molecule has 0 aromatic rings. The molecule has 1 saturated carbocycles. The van der Waals surface area contributed by atoms with E-state index in [0.717, 1.165) is 25.0 Å². The van der Waals surface area contributed by atoms with Crippen molar-refractivity contribution < 1.29 is 5.11 Å². The van der Waals surface area contributed by atoms with E-state index >= 15 is 0 Å². The van der Waals surface area contributed by atoms with Crippen LogP contribution in [0.25, 0.3) is 0 Å². The molecule has 0 aromatic carbocycles. The van der Waals surface area contributed by atoms with Crippen molar-refractivity contribution in [1.82, 2.24) is 4.90 Å². The zero-order valence-electron chi connectivity index (χ0n) is 11.3. The maximum Gasteiger partial charge on any atom is 0.0558 e. The van der Waals surface area contributed by atoms with Gasteiger partial charge < -0.3 is 10.0 Å². The van der Waals surface area contributed by atoms with Crippen LogP contribution in [0.3, 0.4) is 0 Å². The first-order valence-corrected chi connectivity index (χ1v) is 8.27. The topological polar surface area (TPSA) is 23.5 Å². The summed E-state index contributed by atoms with van der Waals surface area (Å²) < 4.78 is 0. The number of nitrogens with zero attached hydrogens (tertiary/aromatic N) is 1. The molecule has 1 aliphatic rings. The molecule has 1 aliphatic carbocycles. The van der Waals surface area contributed by atoms with Gasteiger partial charge in [-0.25, -0.2) is 0 Å². The Hall–Kier alpha value is 0.400. The first-order chi connectivity index (χ1) is 8.26. The molecule has 3 heteroatoms. The van der Waals surface area contributed by atoms with Crippen molar-refractivity contribution in [3.05, 3.63) is 0 Å². The van der Waals surface area contributed by atoms with E-state index in [9.17, 15) is 0 Å². The fourth-order valence-corrected chi connectivity index (χ4v) is 3.75. The normalized spacial score (nSPS) is 20.5. The van der Waals surface area contributed by atoms with Gasteiger partial charge in [-0.2, -0.15) is 0 Å². The molecule has 0 bridgehead atoms. The number of aliphatic hydroxyl groups excluding tert-OH is 1. The summed E-state index contributed by atoms with van der Waals surface area (Å²) in [6, 6.07) is 0. The fourth-order valence-electron chi connectivity index (χ4n) is 3.01. The Labute approximate surface area is 115 Å². The lowest BCUT2D eigenvalue weighted by molar-refractivity contribution is 0.126. The van der Waals surface area contributed by atoms with Crippen LogP contribution >= 0.6 is 15.9 Å². The van der Waals surface area contributed by atoms with Gasteiger partial charge in [-0.05, 0) is 31.2 Å². The van der Waals surface area contributed by atoms with E-state index < -0.39 is 0 Å². The second-order valence-corrected chi connectivity index (χ2v) is 6.11. The summed E-state index contributed by atoms with van der Waals surface area (Å²) in [5, 5.41) is 10.3. The van der Waals surface area contributed by atoms with Crippen LogP contribution in [-0.4, -0.2) is 41.6 Å². The summed E-state index contributed by atoms with van der Waals surface area (Å²) in [7, 11) is 0. The average Bonchev–Trinajstić information content (AvgIpc) is 2.56. The van der Waals surface area contributed by atoms with Gasteiger partial charge >= 0.3 is 0 Å². The summed E-state index contributed by atoms with van der Waals surface area (Å²) in [6.07, 6.45) is 9.45. The summed E-state index contributed by atoms with van der Waals surface area (Å²) in [5.74, 6) is 0. The number of rotatable bonds is 7. The fraction of sp³-hybridized carbons (Fsp3) is 1.00. The van der Waals surface area contributed by atoms with Crippen molar-refractivity contribution in [2.75, 3.05) is 31.6 Å². The molecule has 0 saturated heterocycles. The predicted molar refractivity (Wildman–Crippen MR) is 77.7 cm³/mol. The third-order valence-electron chi connectivity index (χ3n) is 3.96. The number of halogens is 1. The van der Waals surface area contributed by atoms with E-state index in [0.29, 0.717) is 12.0 Å². The highest BCUT2D eigenvalue weighted by Gasteiger charge is 2.31. The van der Waals surface area contributed by atoms with Gasteiger partial charge in [0.05, 0.1) is 6.61 Å². The van der Waals surface area contributed by atoms with Crippen molar-refractivity contribution in [1.29, 1.82) is 0 Å². The molecular formula is C14H28BrNO. The molecule has 0 atom stereocenters. The minimum atomic E-state index is 0.290. The van der Waals surface area contributed by atoms with Crippen LogP contribution < -0.4 is 0 Å². The molecule has 1 fully saturated rings. The smallest absolute Gasteiger partial charge is 0.0558 e. The standard InChI is InChI=1S/C14H28BrNO/c1-2-9-16(10-11-17)13-14(12-15)7-5-3-4-6-8-14/h17H,2-13H2,1H3. The van der Waals surface area contributed by atoms with Crippen LogP contribution in [0.15, 0.2) is 0 Å². The Morgan fingerprint density at radius 2 is 1.76 bits per heavy atom. The molecule has 102 valence electrons. The highest BCUT2D eigenvalue weighted by atomic mass is 79.9. The number of hydrogen-bond acceptors (Lipinski definition) is 2. The number of alkyl halides is 1.